The summed E-state index contributed by atoms with van der Waals surface area (Å²) in [4.78, 5) is 11.5. The van der Waals surface area contributed by atoms with E-state index < -0.39 is 11.8 Å². The maximum atomic E-state index is 13.4. The van der Waals surface area contributed by atoms with E-state index in [9.17, 15) is 9.18 Å². The summed E-state index contributed by atoms with van der Waals surface area (Å²) in [7, 11) is 1.37. The van der Waals surface area contributed by atoms with E-state index in [4.69, 9.17) is 5.11 Å². The van der Waals surface area contributed by atoms with E-state index in [1.54, 1.807) is 0 Å². The Morgan fingerprint density at radius 1 is 1.92 bits per heavy atom. The van der Waals surface area contributed by atoms with Crippen LogP contribution < -0.4 is 0 Å². The van der Waals surface area contributed by atoms with Crippen molar-refractivity contribution in [3.05, 3.63) is 12.7 Å². The molecule has 12 heavy (non-hydrogen) atoms. The van der Waals surface area contributed by atoms with Crippen LogP contribution in [0.2, 0.25) is 0 Å². The van der Waals surface area contributed by atoms with Gasteiger partial charge in [-0.1, -0.05) is 6.08 Å². The number of likely N-dealkylation sites (N-methyl/N-ethyl adjacent to an activating group) is 1. The second kappa shape index (κ2) is 4.47. The van der Waals surface area contributed by atoms with Gasteiger partial charge in [-0.05, 0) is 7.05 Å². The molecule has 0 aliphatic rings. The first-order valence-corrected chi connectivity index (χ1v) is 3.97. The minimum absolute atomic E-state index is 0.170. The van der Waals surface area contributed by atoms with Gasteiger partial charge in [-0.2, -0.15) is 12.6 Å². The molecule has 0 aromatic carbocycles. The molecule has 0 saturated carbocycles. The molecule has 0 heterocycles. The first kappa shape index (κ1) is 11.4. The van der Waals surface area contributed by atoms with E-state index in [0.29, 0.717) is 0 Å². The van der Waals surface area contributed by atoms with Crippen LogP contribution in [0.25, 0.3) is 0 Å². The van der Waals surface area contributed by atoms with Crippen LogP contribution in [0.15, 0.2) is 12.7 Å². The van der Waals surface area contributed by atoms with Crippen LogP contribution in [0.4, 0.5) is 4.39 Å². The van der Waals surface area contributed by atoms with Crippen molar-refractivity contribution < 1.29 is 14.3 Å². The molecule has 70 valence electrons. The van der Waals surface area contributed by atoms with Crippen molar-refractivity contribution in [3.8, 4) is 0 Å². The topological polar surface area (TPSA) is 40.5 Å². The van der Waals surface area contributed by atoms with Crippen molar-refractivity contribution in [3.63, 3.8) is 0 Å². The zero-order valence-corrected chi connectivity index (χ0v) is 7.72. The summed E-state index contributed by atoms with van der Waals surface area (Å²) in [5, 5.41) is 8.53. The van der Waals surface area contributed by atoms with Crippen LogP contribution in [0, 0.1) is 0 Å². The molecule has 0 fully saturated rings. The summed E-state index contributed by atoms with van der Waals surface area (Å²) >= 11 is 3.64. The fourth-order valence-electron chi connectivity index (χ4n) is 0.690. The van der Waals surface area contributed by atoms with Gasteiger partial charge in [0, 0.05) is 12.3 Å². The Bertz CT molecular complexity index is 188. The number of carboxylic acid groups (broad SMARTS) is 1. The number of alkyl halides is 1. The number of hydrogen-bond donors (Lipinski definition) is 2. The predicted molar refractivity (Wildman–Crippen MR) is 48.2 cm³/mol. The number of halogens is 1. The van der Waals surface area contributed by atoms with Crippen LogP contribution in [-0.2, 0) is 4.79 Å². The monoisotopic (exact) mass is 193 g/mol. The van der Waals surface area contributed by atoms with Gasteiger partial charge < -0.3 is 5.11 Å². The minimum atomic E-state index is -2.41. The quantitative estimate of drug-likeness (QED) is 0.385. The van der Waals surface area contributed by atoms with Gasteiger partial charge in [0.25, 0.3) is 5.79 Å². The second-order valence-corrected chi connectivity index (χ2v) is 2.71. The number of carbonyl (C=O) groups is 1. The third-order valence-electron chi connectivity index (χ3n) is 1.55. The van der Waals surface area contributed by atoms with Gasteiger partial charge in [0.15, 0.2) is 0 Å². The van der Waals surface area contributed by atoms with Gasteiger partial charge in [-0.25, -0.2) is 9.18 Å². The fraction of sp³-hybridized carbons (Fsp3) is 0.571. The highest BCUT2D eigenvalue weighted by Crippen LogP contribution is 2.17. The van der Waals surface area contributed by atoms with E-state index in [1.165, 1.54) is 13.1 Å². The summed E-state index contributed by atoms with van der Waals surface area (Å²) < 4.78 is 13.4. The third-order valence-corrected chi connectivity index (χ3v) is 1.96. The number of rotatable bonds is 5. The lowest BCUT2D eigenvalue weighted by atomic mass is 10.2. The Hall–Kier alpha value is -0.550. The molecule has 0 radical (unpaired) electrons. The van der Waals surface area contributed by atoms with E-state index in [-0.39, 0.29) is 12.3 Å². The molecule has 1 atom stereocenters. The molecular weight excluding hydrogens is 181 g/mol. The van der Waals surface area contributed by atoms with Crippen LogP contribution in [0.5, 0.6) is 0 Å². The average Bonchev–Trinajstić information content (AvgIpc) is 2.03. The summed E-state index contributed by atoms with van der Waals surface area (Å²) in [5.41, 5.74) is 0. The van der Waals surface area contributed by atoms with Crippen LogP contribution in [0.1, 0.15) is 0 Å². The molecule has 0 amide bonds. The first-order chi connectivity index (χ1) is 5.49. The molecule has 0 aliphatic heterocycles. The average molecular weight is 193 g/mol. The van der Waals surface area contributed by atoms with Crippen LogP contribution in [-0.4, -0.2) is 41.1 Å². The molecule has 0 saturated heterocycles. The largest absolute Gasteiger partial charge is 0.478 e. The lowest BCUT2D eigenvalue weighted by Gasteiger charge is -2.28. The lowest BCUT2D eigenvalue weighted by Crippen LogP contribution is -2.50. The van der Waals surface area contributed by atoms with E-state index in [1.807, 2.05) is 0 Å². The van der Waals surface area contributed by atoms with Gasteiger partial charge in [0.05, 0.1) is 0 Å². The predicted octanol–water partition coefficient (Wildman–Crippen LogP) is 0.784. The Kier molecular flexibility index (Phi) is 4.26. The molecule has 0 aromatic heterocycles. The molecule has 0 aromatic rings. The Balaban J connectivity index is 4.50. The zero-order chi connectivity index (χ0) is 9.78. The van der Waals surface area contributed by atoms with Crippen molar-refractivity contribution in [1.82, 2.24) is 4.90 Å². The third kappa shape index (κ3) is 2.22. The Morgan fingerprint density at radius 3 is 2.67 bits per heavy atom. The highest BCUT2D eigenvalue weighted by atomic mass is 32.1. The van der Waals surface area contributed by atoms with Crippen molar-refractivity contribution in [2.45, 2.75) is 5.79 Å². The smallest absolute Gasteiger partial charge is 0.357 e. The van der Waals surface area contributed by atoms with Crippen molar-refractivity contribution in [2.24, 2.45) is 0 Å². The maximum absolute atomic E-state index is 13.4. The standard InChI is InChI=1S/C7H12FNO2S/c1-3-4-9(2)7(8,5-12)6(10)11/h3,12H,1,4-5H2,2H3,(H,10,11)/t7-/m0/s1. The summed E-state index contributed by atoms with van der Waals surface area (Å²) in [6.07, 6.45) is 1.43. The van der Waals surface area contributed by atoms with E-state index in [2.05, 4.69) is 19.2 Å². The Labute approximate surface area is 76.3 Å². The Morgan fingerprint density at radius 2 is 2.42 bits per heavy atom. The number of hydrogen-bond acceptors (Lipinski definition) is 3. The summed E-state index contributed by atoms with van der Waals surface area (Å²) in [6, 6.07) is 0. The molecule has 0 bridgehead atoms. The maximum Gasteiger partial charge on any atom is 0.357 e. The number of thiol groups is 1. The van der Waals surface area contributed by atoms with Gasteiger partial charge in [0.1, 0.15) is 0 Å². The number of carboxylic acids is 1. The molecule has 0 rings (SSSR count). The van der Waals surface area contributed by atoms with Crippen LogP contribution >= 0.6 is 12.6 Å². The van der Waals surface area contributed by atoms with Crippen molar-refractivity contribution in [1.29, 1.82) is 0 Å². The van der Waals surface area contributed by atoms with Gasteiger partial charge in [-0.3, -0.25) is 4.90 Å². The highest BCUT2D eigenvalue weighted by molar-refractivity contribution is 7.80. The molecule has 0 unspecified atom stereocenters. The molecule has 1 N–H and O–H groups in total. The molecule has 0 aliphatic carbocycles. The van der Waals surface area contributed by atoms with Crippen molar-refractivity contribution in [2.75, 3.05) is 19.3 Å². The van der Waals surface area contributed by atoms with Gasteiger partial charge in [0.2, 0.25) is 0 Å². The molecule has 3 nitrogen and oxygen atoms in total. The van der Waals surface area contributed by atoms with E-state index >= 15 is 0 Å². The van der Waals surface area contributed by atoms with Crippen LogP contribution in [0.3, 0.4) is 0 Å². The highest BCUT2D eigenvalue weighted by Gasteiger charge is 2.41. The summed E-state index contributed by atoms with van der Waals surface area (Å²) in [6.45, 7) is 3.55. The SMILES string of the molecule is C=CCN(C)[C@@](F)(CS)C(=O)O. The van der Waals surface area contributed by atoms with Crippen molar-refractivity contribution >= 4 is 18.6 Å². The summed E-state index contributed by atoms with van der Waals surface area (Å²) in [5.74, 6) is -4.31. The number of aliphatic carboxylic acids is 1. The van der Waals surface area contributed by atoms with E-state index in [0.717, 1.165) is 4.90 Å². The fourth-order valence-corrected chi connectivity index (χ4v) is 1.07. The van der Waals surface area contributed by atoms with Gasteiger partial charge in [-0.15, -0.1) is 6.58 Å². The first-order valence-electron chi connectivity index (χ1n) is 3.34. The molecule has 0 spiro atoms. The zero-order valence-electron chi connectivity index (χ0n) is 6.83. The minimum Gasteiger partial charge on any atom is -0.478 e. The van der Waals surface area contributed by atoms with Gasteiger partial charge >= 0.3 is 5.97 Å². The lowest BCUT2D eigenvalue weighted by molar-refractivity contribution is -0.160. The number of nitrogens with zero attached hydrogens (tertiary/aromatic N) is 1. The normalized spacial score (nSPS) is 15.7. The molecular formula is C7H12FNO2S. The second-order valence-electron chi connectivity index (χ2n) is 2.39. The molecule has 5 heteroatoms.